The summed E-state index contributed by atoms with van der Waals surface area (Å²) in [6.07, 6.45) is 0. The lowest BCUT2D eigenvalue weighted by atomic mass is 10.1. The van der Waals surface area contributed by atoms with Crippen LogP contribution in [0, 0.1) is 6.92 Å². The first-order valence-corrected chi connectivity index (χ1v) is 7.28. The second-order valence-electron chi connectivity index (χ2n) is 4.45. The molecule has 0 atom stereocenters. The largest absolute Gasteiger partial charge is 0.488 e. The number of thiophene rings is 1. The Bertz CT molecular complexity index is 718. The molecule has 1 heterocycles. The molecule has 1 nitrogen and oxygen atoms in total. The van der Waals surface area contributed by atoms with Gasteiger partial charge in [-0.1, -0.05) is 29.8 Å². The molecule has 19 heavy (non-hydrogen) atoms. The third kappa shape index (κ3) is 2.75. The van der Waals surface area contributed by atoms with Gasteiger partial charge in [-0.2, -0.15) is 0 Å². The Morgan fingerprint density at radius 2 is 1.95 bits per heavy atom. The van der Waals surface area contributed by atoms with E-state index in [0.717, 1.165) is 5.75 Å². The van der Waals surface area contributed by atoms with Crippen molar-refractivity contribution in [3.8, 4) is 5.75 Å². The summed E-state index contributed by atoms with van der Waals surface area (Å²) in [6.45, 7) is 2.72. The lowest BCUT2D eigenvalue weighted by molar-refractivity contribution is 0.310. The molecule has 0 bridgehead atoms. The zero-order valence-electron chi connectivity index (χ0n) is 10.5. The highest BCUT2D eigenvalue weighted by Gasteiger charge is 2.04. The number of aryl methyl sites for hydroxylation is 1. The Balaban J connectivity index is 1.80. The monoisotopic (exact) mass is 288 g/mol. The normalized spacial score (nSPS) is 10.8. The lowest BCUT2D eigenvalue weighted by Crippen LogP contribution is -1.92. The smallest absolute Gasteiger partial charge is 0.122 e. The van der Waals surface area contributed by atoms with Gasteiger partial charge in [-0.3, -0.25) is 0 Å². The van der Waals surface area contributed by atoms with Gasteiger partial charge in [0.05, 0.1) is 0 Å². The summed E-state index contributed by atoms with van der Waals surface area (Å²) in [5, 5.41) is 2.02. The first-order chi connectivity index (χ1) is 9.22. The lowest BCUT2D eigenvalue weighted by Gasteiger charge is -2.04. The maximum atomic E-state index is 5.93. The van der Waals surface area contributed by atoms with E-state index in [2.05, 4.69) is 31.2 Å². The SMILES string of the molecule is Cc1cccc2sc(COc3cccc(Cl)c3)cc12. The van der Waals surface area contributed by atoms with Crippen LogP contribution in [0.3, 0.4) is 0 Å². The molecule has 2 aromatic carbocycles. The topological polar surface area (TPSA) is 9.23 Å². The Labute approximate surface area is 121 Å². The van der Waals surface area contributed by atoms with Crippen LogP contribution in [0.1, 0.15) is 10.4 Å². The van der Waals surface area contributed by atoms with Gasteiger partial charge in [0.15, 0.2) is 0 Å². The van der Waals surface area contributed by atoms with Gasteiger partial charge in [-0.15, -0.1) is 11.3 Å². The second-order valence-corrected chi connectivity index (χ2v) is 6.05. The maximum Gasteiger partial charge on any atom is 0.122 e. The van der Waals surface area contributed by atoms with Crippen molar-refractivity contribution in [3.05, 3.63) is 64.0 Å². The first-order valence-electron chi connectivity index (χ1n) is 6.09. The van der Waals surface area contributed by atoms with Crippen LogP contribution in [0.4, 0.5) is 0 Å². The van der Waals surface area contributed by atoms with Crippen LogP contribution in [0.15, 0.2) is 48.5 Å². The highest BCUT2D eigenvalue weighted by atomic mass is 35.5. The highest BCUT2D eigenvalue weighted by Crippen LogP contribution is 2.29. The number of halogens is 1. The number of hydrogen-bond acceptors (Lipinski definition) is 2. The molecule has 96 valence electrons. The van der Waals surface area contributed by atoms with Crippen molar-refractivity contribution >= 4 is 33.0 Å². The van der Waals surface area contributed by atoms with Crippen molar-refractivity contribution in [2.75, 3.05) is 0 Å². The van der Waals surface area contributed by atoms with Crippen molar-refractivity contribution in [1.29, 1.82) is 0 Å². The predicted molar refractivity (Wildman–Crippen MR) is 82.3 cm³/mol. The average Bonchev–Trinajstić information content (AvgIpc) is 2.81. The van der Waals surface area contributed by atoms with E-state index in [1.54, 1.807) is 11.3 Å². The number of benzene rings is 2. The second kappa shape index (κ2) is 5.24. The Kier molecular flexibility index (Phi) is 3.45. The molecule has 0 spiro atoms. The molecule has 0 aliphatic carbocycles. The molecule has 3 heteroatoms. The fourth-order valence-corrected chi connectivity index (χ4v) is 3.28. The standard InChI is InChI=1S/C16H13ClOS/c1-11-4-2-7-16-15(11)9-14(19-16)10-18-13-6-3-5-12(17)8-13/h2-9H,10H2,1H3. The van der Waals surface area contributed by atoms with Crippen molar-refractivity contribution in [2.45, 2.75) is 13.5 Å². The highest BCUT2D eigenvalue weighted by molar-refractivity contribution is 7.19. The quantitative estimate of drug-likeness (QED) is 0.623. The van der Waals surface area contributed by atoms with Gasteiger partial charge in [0, 0.05) is 14.6 Å². The Morgan fingerprint density at radius 3 is 2.74 bits per heavy atom. The molecule has 0 saturated carbocycles. The minimum atomic E-state index is 0.582. The van der Waals surface area contributed by atoms with Crippen LogP contribution in [0.5, 0.6) is 5.75 Å². The van der Waals surface area contributed by atoms with Crippen LogP contribution in [-0.4, -0.2) is 0 Å². The van der Waals surface area contributed by atoms with Gasteiger partial charge in [0.2, 0.25) is 0 Å². The van der Waals surface area contributed by atoms with Crippen molar-refractivity contribution < 1.29 is 4.74 Å². The van der Waals surface area contributed by atoms with Crippen LogP contribution in [0.2, 0.25) is 5.02 Å². The Hall–Kier alpha value is -1.51. The molecule has 0 unspecified atom stereocenters. The summed E-state index contributed by atoms with van der Waals surface area (Å²) < 4.78 is 7.08. The van der Waals surface area contributed by atoms with Gasteiger partial charge < -0.3 is 4.74 Å². The van der Waals surface area contributed by atoms with Crippen molar-refractivity contribution in [2.24, 2.45) is 0 Å². The Morgan fingerprint density at radius 1 is 1.11 bits per heavy atom. The molecular formula is C16H13ClOS. The average molecular weight is 289 g/mol. The van der Waals surface area contributed by atoms with Gasteiger partial charge in [0.25, 0.3) is 0 Å². The van der Waals surface area contributed by atoms with E-state index in [9.17, 15) is 0 Å². The zero-order valence-corrected chi connectivity index (χ0v) is 12.1. The molecule has 0 saturated heterocycles. The zero-order chi connectivity index (χ0) is 13.2. The molecule has 0 aliphatic rings. The third-order valence-electron chi connectivity index (χ3n) is 3.01. The minimum absolute atomic E-state index is 0.582. The summed E-state index contributed by atoms with van der Waals surface area (Å²) >= 11 is 7.71. The number of rotatable bonds is 3. The van der Waals surface area contributed by atoms with Crippen LogP contribution >= 0.6 is 22.9 Å². The third-order valence-corrected chi connectivity index (χ3v) is 4.32. The fourth-order valence-electron chi connectivity index (χ4n) is 2.04. The molecule has 3 rings (SSSR count). The molecule has 0 N–H and O–H groups in total. The summed E-state index contributed by atoms with van der Waals surface area (Å²) in [4.78, 5) is 1.23. The molecule has 0 aliphatic heterocycles. The minimum Gasteiger partial charge on any atom is -0.488 e. The van der Waals surface area contributed by atoms with Gasteiger partial charge in [0.1, 0.15) is 12.4 Å². The summed E-state index contributed by atoms with van der Waals surface area (Å²) in [5.41, 5.74) is 1.31. The summed E-state index contributed by atoms with van der Waals surface area (Å²) in [7, 11) is 0. The first kappa shape index (κ1) is 12.5. The van der Waals surface area contributed by atoms with Crippen molar-refractivity contribution in [1.82, 2.24) is 0 Å². The molecule has 0 radical (unpaired) electrons. The van der Waals surface area contributed by atoms with Gasteiger partial charge >= 0.3 is 0 Å². The maximum absolute atomic E-state index is 5.93. The van der Waals surface area contributed by atoms with E-state index in [1.807, 2.05) is 24.3 Å². The van der Waals surface area contributed by atoms with Gasteiger partial charge in [-0.05, 0) is 48.2 Å². The van der Waals surface area contributed by atoms with Crippen LogP contribution < -0.4 is 4.74 Å². The van der Waals surface area contributed by atoms with Crippen LogP contribution in [0.25, 0.3) is 10.1 Å². The van der Waals surface area contributed by atoms with E-state index in [1.165, 1.54) is 20.5 Å². The number of ether oxygens (including phenoxy) is 1. The van der Waals surface area contributed by atoms with Crippen LogP contribution in [-0.2, 0) is 6.61 Å². The molecule has 1 aromatic heterocycles. The van der Waals surface area contributed by atoms with E-state index in [0.29, 0.717) is 11.6 Å². The van der Waals surface area contributed by atoms with Crippen molar-refractivity contribution in [3.63, 3.8) is 0 Å². The van der Waals surface area contributed by atoms with E-state index in [4.69, 9.17) is 16.3 Å². The summed E-state index contributed by atoms with van der Waals surface area (Å²) in [6, 6.07) is 16.1. The van der Waals surface area contributed by atoms with E-state index >= 15 is 0 Å². The fraction of sp³-hybridized carbons (Fsp3) is 0.125. The molecule has 0 fully saturated rings. The molecule has 3 aromatic rings. The molecule has 0 amide bonds. The van der Waals surface area contributed by atoms with E-state index in [-0.39, 0.29) is 0 Å². The molecular weight excluding hydrogens is 276 g/mol. The van der Waals surface area contributed by atoms with Gasteiger partial charge in [-0.25, -0.2) is 0 Å². The number of hydrogen-bond donors (Lipinski definition) is 0. The number of fused-ring (bicyclic) bond motifs is 1. The summed E-state index contributed by atoms with van der Waals surface area (Å²) in [5.74, 6) is 0.807. The predicted octanol–water partition coefficient (Wildman–Crippen LogP) is 5.44. The van der Waals surface area contributed by atoms with E-state index < -0.39 is 0 Å².